The van der Waals surface area contributed by atoms with E-state index in [9.17, 15) is 19.2 Å². The second-order valence-corrected chi connectivity index (χ2v) is 9.57. The molecule has 0 unspecified atom stereocenters. The minimum Gasteiger partial charge on any atom is -0.463 e. The first-order valence-electron chi connectivity index (χ1n) is 11.8. The van der Waals surface area contributed by atoms with Crippen molar-refractivity contribution in [3.8, 4) is 0 Å². The standard InChI is InChI=1S/C27H28Cl2O9/c1-14(30)34-13-22-26(36-16(3)32)27(37-17(4)33)23(24(38-22)18-8-6-5-7-9-18)25(35-15(2)31)20-11-10-19(28)12-21(20)29/h5-12,22-27H,13H2,1-4H3/t22-,23-,24+,25-,26+,27-/m0/s1. The zero-order chi connectivity index (χ0) is 28.0. The van der Waals surface area contributed by atoms with Crippen LogP contribution in [-0.4, -0.2) is 48.8 Å². The van der Waals surface area contributed by atoms with Gasteiger partial charge in [-0.25, -0.2) is 0 Å². The van der Waals surface area contributed by atoms with Crippen molar-refractivity contribution in [3.05, 3.63) is 69.7 Å². The molecule has 0 amide bonds. The molecule has 3 rings (SSSR count). The van der Waals surface area contributed by atoms with E-state index in [-0.39, 0.29) is 11.6 Å². The summed E-state index contributed by atoms with van der Waals surface area (Å²) in [5, 5.41) is 0.554. The average Bonchev–Trinajstić information content (AvgIpc) is 2.82. The number of carbonyl (C=O) groups excluding carboxylic acids is 4. The van der Waals surface area contributed by atoms with Crippen molar-refractivity contribution in [1.29, 1.82) is 0 Å². The van der Waals surface area contributed by atoms with Crippen LogP contribution < -0.4 is 0 Å². The van der Waals surface area contributed by atoms with Crippen LogP contribution in [0.3, 0.4) is 0 Å². The average molecular weight is 567 g/mol. The Morgan fingerprint density at radius 2 is 1.47 bits per heavy atom. The number of rotatable bonds is 8. The number of ether oxygens (including phenoxy) is 5. The molecule has 9 nitrogen and oxygen atoms in total. The highest BCUT2D eigenvalue weighted by atomic mass is 35.5. The number of halogens is 2. The van der Waals surface area contributed by atoms with Crippen molar-refractivity contribution in [2.75, 3.05) is 6.61 Å². The molecule has 204 valence electrons. The van der Waals surface area contributed by atoms with E-state index < -0.39 is 60.3 Å². The molecule has 11 heteroatoms. The van der Waals surface area contributed by atoms with Gasteiger partial charge in [0, 0.05) is 43.3 Å². The summed E-state index contributed by atoms with van der Waals surface area (Å²) in [5.74, 6) is -3.54. The van der Waals surface area contributed by atoms with Gasteiger partial charge in [-0.05, 0) is 17.7 Å². The summed E-state index contributed by atoms with van der Waals surface area (Å²) in [6.45, 7) is 4.55. The van der Waals surface area contributed by atoms with Crippen LogP contribution in [0.5, 0.6) is 0 Å². The Bertz CT molecular complexity index is 1170. The molecular formula is C27H28Cl2O9. The first-order chi connectivity index (χ1) is 18.0. The molecule has 1 saturated heterocycles. The second kappa shape index (κ2) is 13.1. The van der Waals surface area contributed by atoms with E-state index in [0.29, 0.717) is 16.1 Å². The minimum absolute atomic E-state index is 0.197. The summed E-state index contributed by atoms with van der Waals surface area (Å²) in [5.41, 5.74) is 1.02. The number of carbonyl (C=O) groups is 4. The molecule has 0 bridgehead atoms. The van der Waals surface area contributed by atoms with Crippen molar-refractivity contribution in [3.63, 3.8) is 0 Å². The minimum atomic E-state index is -1.22. The third kappa shape index (κ3) is 7.46. The zero-order valence-electron chi connectivity index (χ0n) is 21.2. The van der Waals surface area contributed by atoms with Gasteiger partial charge in [-0.1, -0.05) is 59.6 Å². The van der Waals surface area contributed by atoms with Gasteiger partial charge in [0.2, 0.25) is 0 Å². The van der Waals surface area contributed by atoms with Gasteiger partial charge in [0.25, 0.3) is 0 Å². The maximum absolute atomic E-state index is 12.4. The van der Waals surface area contributed by atoms with Crippen molar-refractivity contribution >= 4 is 47.1 Å². The quantitative estimate of drug-likeness (QED) is 0.328. The molecule has 2 aromatic rings. The number of benzene rings is 2. The normalized spacial score (nSPS) is 23.6. The highest BCUT2D eigenvalue weighted by Crippen LogP contribution is 2.48. The molecule has 0 N–H and O–H groups in total. The monoisotopic (exact) mass is 566 g/mol. The van der Waals surface area contributed by atoms with Gasteiger partial charge >= 0.3 is 23.9 Å². The van der Waals surface area contributed by atoms with E-state index >= 15 is 0 Å². The molecule has 0 saturated carbocycles. The Morgan fingerprint density at radius 3 is 2.03 bits per heavy atom. The van der Waals surface area contributed by atoms with Crippen molar-refractivity contribution in [2.24, 2.45) is 5.92 Å². The van der Waals surface area contributed by atoms with Crippen molar-refractivity contribution in [1.82, 2.24) is 0 Å². The molecule has 6 atom stereocenters. The first kappa shape index (κ1) is 29.4. The fourth-order valence-electron chi connectivity index (χ4n) is 4.50. The maximum Gasteiger partial charge on any atom is 0.303 e. The SMILES string of the molecule is CC(=O)OC[C@@H]1O[C@H](c2ccccc2)[C@@H]([C@@H](OC(C)=O)c2ccc(Cl)cc2Cl)[C@H](OC(C)=O)[C@@H]1OC(C)=O. The summed E-state index contributed by atoms with van der Waals surface area (Å²) in [6.07, 6.45) is -5.45. The van der Waals surface area contributed by atoms with E-state index in [2.05, 4.69) is 0 Å². The van der Waals surface area contributed by atoms with E-state index in [4.69, 9.17) is 46.9 Å². The molecular weight excluding hydrogens is 539 g/mol. The lowest BCUT2D eigenvalue weighted by Gasteiger charge is -2.47. The summed E-state index contributed by atoms with van der Waals surface area (Å²) < 4.78 is 28.7. The highest BCUT2D eigenvalue weighted by Gasteiger charge is 2.54. The van der Waals surface area contributed by atoms with Crippen LogP contribution in [0.2, 0.25) is 10.0 Å². The van der Waals surface area contributed by atoms with Gasteiger partial charge in [0.05, 0.1) is 12.0 Å². The molecule has 0 radical (unpaired) electrons. The van der Waals surface area contributed by atoms with Gasteiger partial charge < -0.3 is 23.7 Å². The van der Waals surface area contributed by atoms with Crippen LogP contribution in [0.15, 0.2) is 48.5 Å². The molecule has 0 aromatic heterocycles. The molecule has 38 heavy (non-hydrogen) atoms. The van der Waals surface area contributed by atoms with Crippen LogP contribution in [0.25, 0.3) is 0 Å². The molecule has 1 aliphatic rings. The predicted octanol–water partition coefficient (Wildman–Crippen LogP) is 4.78. The summed E-state index contributed by atoms with van der Waals surface area (Å²) in [7, 11) is 0. The maximum atomic E-state index is 12.4. The highest BCUT2D eigenvalue weighted by molar-refractivity contribution is 6.35. The Kier molecular flexibility index (Phi) is 10.1. The molecule has 0 spiro atoms. The Labute approximate surface area is 230 Å². The first-order valence-corrected chi connectivity index (χ1v) is 12.5. The summed E-state index contributed by atoms with van der Waals surface area (Å²) in [4.78, 5) is 48.5. The summed E-state index contributed by atoms with van der Waals surface area (Å²) >= 11 is 12.7. The van der Waals surface area contributed by atoms with Gasteiger partial charge in [0.15, 0.2) is 12.2 Å². The number of hydrogen-bond acceptors (Lipinski definition) is 9. The topological polar surface area (TPSA) is 114 Å². The van der Waals surface area contributed by atoms with Crippen molar-refractivity contribution in [2.45, 2.75) is 58.2 Å². The van der Waals surface area contributed by atoms with Crippen LogP contribution in [0, 0.1) is 5.92 Å². The molecule has 1 heterocycles. The number of esters is 4. The van der Waals surface area contributed by atoms with Crippen LogP contribution in [0.1, 0.15) is 51.0 Å². The summed E-state index contributed by atoms with van der Waals surface area (Å²) in [6, 6.07) is 13.6. The number of hydrogen-bond donors (Lipinski definition) is 0. The molecule has 1 fully saturated rings. The third-order valence-electron chi connectivity index (χ3n) is 5.84. The fraction of sp³-hybridized carbons (Fsp3) is 0.407. The van der Waals surface area contributed by atoms with Gasteiger partial charge in [-0.3, -0.25) is 19.2 Å². The van der Waals surface area contributed by atoms with Gasteiger partial charge in [-0.15, -0.1) is 0 Å². The lowest BCUT2D eigenvalue weighted by molar-refractivity contribution is -0.250. The third-order valence-corrected chi connectivity index (χ3v) is 6.40. The Hall–Kier alpha value is -3.14. The zero-order valence-corrected chi connectivity index (χ0v) is 22.7. The van der Waals surface area contributed by atoms with E-state index in [1.165, 1.54) is 33.8 Å². The molecule has 0 aliphatic carbocycles. The van der Waals surface area contributed by atoms with E-state index in [1.54, 1.807) is 36.4 Å². The Balaban J connectivity index is 2.25. The second-order valence-electron chi connectivity index (χ2n) is 8.73. The Morgan fingerprint density at radius 1 is 0.842 bits per heavy atom. The lowest BCUT2D eigenvalue weighted by Crippen LogP contribution is -2.57. The largest absolute Gasteiger partial charge is 0.463 e. The van der Waals surface area contributed by atoms with E-state index in [1.807, 2.05) is 6.07 Å². The van der Waals surface area contributed by atoms with Crippen molar-refractivity contribution < 1.29 is 42.9 Å². The van der Waals surface area contributed by atoms with Gasteiger partial charge in [-0.2, -0.15) is 0 Å². The lowest BCUT2D eigenvalue weighted by atomic mass is 9.77. The van der Waals surface area contributed by atoms with E-state index in [0.717, 1.165) is 0 Å². The molecule has 2 aromatic carbocycles. The predicted molar refractivity (Wildman–Crippen MR) is 136 cm³/mol. The van der Waals surface area contributed by atoms with Gasteiger partial charge in [0.1, 0.15) is 18.8 Å². The smallest absolute Gasteiger partial charge is 0.303 e. The van der Waals surface area contributed by atoms with Crippen LogP contribution >= 0.6 is 23.2 Å². The van der Waals surface area contributed by atoms with Crippen LogP contribution in [0.4, 0.5) is 0 Å². The molecule has 1 aliphatic heterocycles. The fourth-order valence-corrected chi connectivity index (χ4v) is 5.02. The van der Waals surface area contributed by atoms with Crippen LogP contribution in [-0.2, 0) is 42.9 Å².